The molecule has 3 aromatic rings. The van der Waals surface area contributed by atoms with Crippen molar-refractivity contribution in [1.29, 1.82) is 0 Å². The molecule has 1 aromatic carbocycles. The Balaban J connectivity index is 1.75. The van der Waals surface area contributed by atoms with E-state index in [1.807, 2.05) is 47.6 Å². The second-order valence-corrected chi connectivity index (χ2v) is 6.41. The summed E-state index contributed by atoms with van der Waals surface area (Å²) in [7, 11) is 0. The van der Waals surface area contributed by atoms with Crippen molar-refractivity contribution in [2.75, 3.05) is 19.6 Å². The fourth-order valence-electron chi connectivity index (χ4n) is 3.20. The molecule has 2 aromatic heterocycles. The van der Waals surface area contributed by atoms with Crippen LogP contribution in [-0.4, -0.2) is 50.9 Å². The van der Waals surface area contributed by atoms with Crippen LogP contribution in [0.15, 0.2) is 48.8 Å². The van der Waals surface area contributed by atoms with Gasteiger partial charge in [0.05, 0.1) is 11.0 Å². The van der Waals surface area contributed by atoms with Crippen LogP contribution in [0.25, 0.3) is 11.0 Å². The lowest BCUT2D eigenvalue weighted by atomic mass is 10.2. The molecule has 0 fully saturated rings. The van der Waals surface area contributed by atoms with Gasteiger partial charge in [0.2, 0.25) is 5.91 Å². The van der Waals surface area contributed by atoms with E-state index in [9.17, 15) is 9.59 Å². The highest BCUT2D eigenvalue weighted by atomic mass is 16.2. The number of hydrogen-bond donors (Lipinski definition) is 1. The normalized spacial score (nSPS) is 10.8. The Morgan fingerprint density at radius 3 is 2.50 bits per heavy atom. The van der Waals surface area contributed by atoms with Crippen molar-refractivity contribution in [2.45, 2.75) is 26.8 Å². The van der Waals surface area contributed by atoms with Gasteiger partial charge in [-0.3, -0.25) is 14.6 Å². The molecule has 28 heavy (non-hydrogen) atoms. The number of nitrogens with zero attached hydrogens (tertiary/aromatic N) is 4. The molecule has 7 nitrogen and oxygen atoms in total. The number of benzene rings is 1. The van der Waals surface area contributed by atoms with Crippen LogP contribution in [-0.2, 0) is 17.8 Å². The molecule has 146 valence electrons. The molecule has 3 rings (SSSR count). The lowest BCUT2D eigenvalue weighted by Crippen LogP contribution is -2.34. The number of fused-ring (bicyclic) bond motifs is 1. The molecular formula is C21H25N5O2. The van der Waals surface area contributed by atoms with Crippen LogP contribution in [0.3, 0.4) is 0 Å². The predicted octanol–water partition coefficient (Wildman–Crippen LogP) is 2.27. The van der Waals surface area contributed by atoms with Gasteiger partial charge in [0.1, 0.15) is 12.4 Å². The van der Waals surface area contributed by atoms with E-state index in [2.05, 4.69) is 15.3 Å². The smallest absolute Gasteiger partial charge is 0.251 e. The van der Waals surface area contributed by atoms with Crippen molar-refractivity contribution in [2.24, 2.45) is 0 Å². The average Bonchev–Trinajstić information content (AvgIpc) is 3.07. The predicted molar refractivity (Wildman–Crippen MR) is 108 cm³/mol. The van der Waals surface area contributed by atoms with E-state index < -0.39 is 0 Å². The Morgan fingerprint density at radius 1 is 1.07 bits per heavy atom. The quantitative estimate of drug-likeness (QED) is 0.651. The first-order valence-corrected chi connectivity index (χ1v) is 9.54. The Bertz CT molecular complexity index is 948. The number of para-hydroxylation sites is 2. The highest BCUT2D eigenvalue weighted by Gasteiger charge is 2.16. The van der Waals surface area contributed by atoms with Crippen molar-refractivity contribution in [1.82, 2.24) is 24.8 Å². The van der Waals surface area contributed by atoms with Gasteiger partial charge in [0.25, 0.3) is 5.91 Å². The molecule has 7 heteroatoms. The van der Waals surface area contributed by atoms with Gasteiger partial charge in [-0.1, -0.05) is 12.1 Å². The number of amides is 2. The molecule has 2 amide bonds. The first-order valence-electron chi connectivity index (χ1n) is 9.54. The summed E-state index contributed by atoms with van der Waals surface area (Å²) in [4.78, 5) is 35.3. The van der Waals surface area contributed by atoms with Crippen molar-refractivity contribution in [3.63, 3.8) is 0 Å². The summed E-state index contributed by atoms with van der Waals surface area (Å²) in [6, 6.07) is 11.1. The SMILES string of the molecule is CCN(CC)C(=O)Cn1c(CCNC(=O)c2ccncc2)nc2ccccc21. The van der Waals surface area contributed by atoms with Crippen LogP contribution in [0.1, 0.15) is 30.0 Å². The summed E-state index contributed by atoms with van der Waals surface area (Å²) in [5, 5.41) is 2.90. The summed E-state index contributed by atoms with van der Waals surface area (Å²) in [6.45, 7) is 5.99. The van der Waals surface area contributed by atoms with E-state index in [1.165, 1.54) is 0 Å². The Morgan fingerprint density at radius 2 is 1.79 bits per heavy atom. The van der Waals surface area contributed by atoms with Crippen LogP contribution in [0.2, 0.25) is 0 Å². The number of aromatic nitrogens is 3. The number of pyridine rings is 1. The number of hydrogen-bond acceptors (Lipinski definition) is 4. The molecule has 2 heterocycles. The molecule has 0 aliphatic heterocycles. The van der Waals surface area contributed by atoms with E-state index in [4.69, 9.17) is 0 Å². The van der Waals surface area contributed by atoms with Crippen molar-refractivity contribution in [3.8, 4) is 0 Å². The van der Waals surface area contributed by atoms with Gasteiger partial charge in [-0.2, -0.15) is 0 Å². The van der Waals surface area contributed by atoms with Gasteiger partial charge < -0.3 is 14.8 Å². The van der Waals surface area contributed by atoms with Crippen molar-refractivity contribution >= 4 is 22.8 Å². The second kappa shape index (κ2) is 9.12. The van der Waals surface area contributed by atoms with E-state index in [0.29, 0.717) is 31.6 Å². The standard InChI is InChI=1S/C21H25N5O2/c1-3-25(4-2)20(27)15-26-18-8-6-5-7-17(18)24-19(26)11-14-23-21(28)16-9-12-22-13-10-16/h5-10,12-13H,3-4,11,14-15H2,1-2H3,(H,23,28). The third kappa shape index (κ3) is 4.36. The molecule has 0 saturated heterocycles. The van der Waals surface area contributed by atoms with Crippen molar-refractivity contribution in [3.05, 3.63) is 60.2 Å². The van der Waals surface area contributed by atoms with Gasteiger partial charge in [0, 0.05) is 44.0 Å². The van der Waals surface area contributed by atoms with E-state index in [-0.39, 0.29) is 18.4 Å². The molecule has 0 atom stereocenters. The minimum absolute atomic E-state index is 0.0650. The fraction of sp³-hybridized carbons (Fsp3) is 0.333. The maximum absolute atomic E-state index is 12.6. The van der Waals surface area contributed by atoms with Crippen LogP contribution in [0, 0.1) is 0 Å². The van der Waals surface area contributed by atoms with Crippen LogP contribution in [0.4, 0.5) is 0 Å². The minimum Gasteiger partial charge on any atom is -0.352 e. The van der Waals surface area contributed by atoms with E-state index in [1.54, 1.807) is 24.5 Å². The maximum Gasteiger partial charge on any atom is 0.251 e. The zero-order chi connectivity index (χ0) is 19.9. The van der Waals surface area contributed by atoms with Gasteiger partial charge >= 0.3 is 0 Å². The van der Waals surface area contributed by atoms with Crippen LogP contribution < -0.4 is 5.32 Å². The lowest BCUT2D eigenvalue weighted by Gasteiger charge is -2.20. The molecule has 1 N–H and O–H groups in total. The molecule has 0 unspecified atom stereocenters. The Kier molecular flexibility index (Phi) is 6.37. The largest absolute Gasteiger partial charge is 0.352 e. The van der Waals surface area contributed by atoms with Crippen LogP contribution >= 0.6 is 0 Å². The fourth-order valence-corrected chi connectivity index (χ4v) is 3.20. The van der Waals surface area contributed by atoms with Gasteiger partial charge in [-0.15, -0.1) is 0 Å². The van der Waals surface area contributed by atoms with Gasteiger partial charge in [0.15, 0.2) is 0 Å². The number of nitrogens with one attached hydrogen (secondary N) is 1. The molecule has 0 spiro atoms. The monoisotopic (exact) mass is 379 g/mol. The Labute approximate surface area is 164 Å². The summed E-state index contributed by atoms with van der Waals surface area (Å²) in [6.07, 6.45) is 3.72. The van der Waals surface area contributed by atoms with Gasteiger partial charge in [-0.25, -0.2) is 4.98 Å². The third-order valence-electron chi connectivity index (χ3n) is 4.72. The minimum atomic E-state index is -0.149. The summed E-state index contributed by atoms with van der Waals surface area (Å²) >= 11 is 0. The molecular weight excluding hydrogens is 354 g/mol. The highest BCUT2D eigenvalue weighted by molar-refractivity contribution is 5.93. The molecule has 0 saturated carbocycles. The van der Waals surface area contributed by atoms with Gasteiger partial charge in [-0.05, 0) is 38.1 Å². The first-order chi connectivity index (χ1) is 13.6. The summed E-state index contributed by atoms with van der Waals surface area (Å²) in [5.41, 5.74) is 2.35. The first kappa shape index (κ1) is 19.5. The third-order valence-corrected chi connectivity index (χ3v) is 4.72. The van der Waals surface area contributed by atoms with Crippen LogP contribution in [0.5, 0.6) is 0 Å². The van der Waals surface area contributed by atoms with E-state index >= 15 is 0 Å². The topological polar surface area (TPSA) is 80.1 Å². The lowest BCUT2D eigenvalue weighted by molar-refractivity contribution is -0.131. The number of imidazole rings is 1. The summed E-state index contributed by atoms with van der Waals surface area (Å²) < 4.78 is 1.95. The number of likely N-dealkylation sites (N-methyl/N-ethyl adjacent to an activating group) is 1. The summed E-state index contributed by atoms with van der Waals surface area (Å²) in [5.74, 6) is 0.705. The molecule has 0 bridgehead atoms. The molecule has 0 radical (unpaired) electrons. The number of carbonyl (C=O) groups is 2. The second-order valence-electron chi connectivity index (χ2n) is 6.41. The molecule has 0 aliphatic carbocycles. The Hall–Kier alpha value is -3.22. The highest BCUT2D eigenvalue weighted by Crippen LogP contribution is 2.17. The average molecular weight is 379 g/mol. The van der Waals surface area contributed by atoms with E-state index in [0.717, 1.165) is 16.9 Å². The maximum atomic E-state index is 12.6. The molecule has 0 aliphatic rings. The zero-order valence-corrected chi connectivity index (χ0v) is 16.3. The van der Waals surface area contributed by atoms with Crippen molar-refractivity contribution < 1.29 is 9.59 Å². The number of carbonyl (C=O) groups excluding carboxylic acids is 2. The zero-order valence-electron chi connectivity index (χ0n) is 16.3. The number of rotatable bonds is 8.